The molecule has 0 amide bonds. The third-order valence-electron chi connectivity index (χ3n) is 4.26. The highest BCUT2D eigenvalue weighted by Gasteiger charge is 2.60. The highest BCUT2D eigenvalue weighted by Crippen LogP contribution is 2.39. The molecule has 2 aliphatic heterocycles. The minimum absolute atomic E-state index is 0.00441. The van der Waals surface area contributed by atoms with Gasteiger partial charge in [0.1, 0.15) is 13.2 Å². The van der Waals surface area contributed by atoms with Crippen LogP contribution in [0.2, 0.25) is 0 Å². The van der Waals surface area contributed by atoms with Gasteiger partial charge in [0, 0.05) is 14.2 Å². The summed E-state index contributed by atoms with van der Waals surface area (Å²) in [6.07, 6.45) is 0.413. The summed E-state index contributed by atoms with van der Waals surface area (Å²) in [6, 6.07) is 0. The van der Waals surface area contributed by atoms with E-state index in [9.17, 15) is 9.59 Å². The quantitative estimate of drug-likeness (QED) is 0.693. The average molecular weight is 342 g/mol. The van der Waals surface area contributed by atoms with Crippen molar-refractivity contribution in [3.8, 4) is 0 Å². The van der Waals surface area contributed by atoms with Crippen LogP contribution in [0.15, 0.2) is 24.3 Å². The smallest absolute Gasteiger partial charge is 0.339 e. The summed E-state index contributed by atoms with van der Waals surface area (Å²) in [5, 5.41) is 0. The summed E-state index contributed by atoms with van der Waals surface area (Å²) >= 11 is 0. The van der Waals surface area contributed by atoms with E-state index < -0.39 is 35.7 Å². The average Bonchev–Trinajstić information content (AvgIpc) is 2.58. The van der Waals surface area contributed by atoms with Crippen LogP contribution in [-0.4, -0.2) is 63.2 Å². The molecule has 8 heteroatoms. The van der Waals surface area contributed by atoms with Gasteiger partial charge in [0.05, 0.1) is 0 Å². The van der Waals surface area contributed by atoms with Crippen LogP contribution >= 0.6 is 0 Å². The van der Waals surface area contributed by atoms with E-state index in [-0.39, 0.29) is 13.2 Å². The number of hydrogen-bond acceptors (Lipinski definition) is 8. The Balaban J connectivity index is 2.36. The molecule has 0 N–H and O–H groups in total. The van der Waals surface area contributed by atoms with E-state index in [1.807, 2.05) is 0 Å². The van der Waals surface area contributed by atoms with Crippen molar-refractivity contribution in [1.82, 2.24) is 0 Å². The van der Waals surface area contributed by atoms with Crippen LogP contribution in [0.25, 0.3) is 0 Å². The number of fused-ring (bicyclic) bond motifs is 1. The van der Waals surface area contributed by atoms with Crippen molar-refractivity contribution in [2.24, 2.45) is 0 Å². The van der Waals surface area contributed by atoms with Crippen LogP contribution in [-0.2, 0) is 38.0 Å². The lowest BCUT2D eigenvalue weighted by molar-refractivity contribution is -0.439. The Morgan fingerprint density at radius 2 is 1.58 bits per heavy atom. The van der Waals surface area contributed by atoms with Gasteiger partial charge in [0.15, 0.2) is 12.2 Å². The maximum Gasteiger partial charge on any atom is 0.339 e. The fraction of sp³-hybridized carbons (Fsp3) is 0.625. The molecule has 2 rings (SSSR count). The standard InChI is InChI=1S/C16H22O8/c1-6-10-7-8-21-13(17)11-12(14(18)22-9-10)24-16(3,20-5)15(2,19-4)23-11/h6-7,11-12H,1,8-9H2,2-5H3/b10-7-/t11-,12-,15-,16-/m1/s1. The Labute approximate surface area is 140 Å². The molecule has 24 heavy (non-hydrogen) atoms. The summed E-state index contributed by atoms with van der Waals surface area (Å²) in [4.78, 5) is 24.7. The Kier molecular flexibility index (Phi) is 5.44. The Bertz CT molecular complexity index is 556. The van der Waals surface area contributed by atoms with E-state index in [4.69, 9.17) is 28.4 Å². The Morgan fingerprint density at radius 3 is 2.04 bits per heavy atom. The highest BCUT2D eigenvalue weighted by atomic mass is 16.8. The molecule has 8 nitrogen and oxygen atoms in total. The van der Waals surface area contributed by atoms with Gasteiger partial charge in [-0.2, -0.15) is 0 Å². The van der Waals surface area contributed by atoms with Gasteiger partial charge in [-0.05, 0) is 25.5 Å². The van der Waals surface area contributed by atoms with Crippen LogP contribution in [0.3, 0.4) is 0 Å². The van der Waals surface area contributed by atoms with E-state index >= 15 is 0 Å². The van der Waals surface area contributed by atoms with Crippen LogP contribution in [0.4, 0.5) is 0 Å². The molecule has 0 aromatic carbocycles. The summed E-state index contributed by atoms with van der Waals surface area (Å²) in [7, 11) is 2.76. The van der Waals surface area contributed by atoms with Gasteiger partial charge in [-0.3, -0.25) is 0 Å². The topological polar surface area (TPSA) is 89.5 Å². The molecule has 0 spiro atoms. The number of ether oxygens (including phenoxy) is 6. The molecule has 0 aliphatic carbocycles. The first-order valence-electron chi connectivity index (χ1n) is 7.41. The number of rotatable bonds is 3. The Morgan fingerprint density at radius 1 is 1.08 bits per heavy atom. The van der Waals surface area contributed by atoms with Gasteiger partial charge in [-0.1, -0.05) is 12.7 Å². The highest BCUT2D eigenvalue weighted by molar-refractivity contribution is 5.86. The fourth-order valence-electron chi connectivity index (χ4n) is 2.38. The predicted molar refractivity (Wildman–Crippen MR) is 80.8 cm³/mol. The molecule has 4 atom stereocenters. The second kappa shape index (κ2) is 7.02. The SMILES string of the molecule is C=C/C1=C/COC(=O)[C@@H]2O[C@@](C)(OC)[C@](C)(OC)O[C@H]2C(=O)OC1. The van der Waals surface area contributed by atoms with Crippen molar-refractivity contribution >= 4 is 11.9 Å². The molecule has 0 saturated carbocycles. The molecule has 0 aromatic rings. The van der Waals surface area contributed by atoms with Crippen molar-refractivity contribution in [2.75, 3.05) is 27.4 Å². The molecule has 2 aliphatic rings. The molecule has 2 heterocycles. The Hall–Kier alpha value is -1.74. The summed E-state index contributed by atoms with van der Waals surface area (Å²) in [5.41, 5.74) is 0.613. The summed E-state index contributed by atoms with van der Waals surface area (Å²) in [6.45, 7) is 6.67. The van der Waals surface area contributed by atoms with Gasteiger partial charge in [0.25, 0.3) is 0 Å². The summed E-state index contributed by atoms with van der Waals surface area (Å²) in [5.74, 6) is -4.41. The molecule has 0 bridgehead atoms. The zero-order valence-corrected chi connectivity index (χ0v) is 14.2. The minimum atomic E-state index is -1.44. The first-order chi connectivity index (χ1) is 11.3. The van der Waals surface area contributed by atoms with Gasteiger partial charge < -0.3 is 28.4 Å². The van der Waals surface area contributed by atoms with Crippen LogP contribution < -0.4 is 0 Å². The van der Waals surface area contributed by atoms with E-state index in [0.717, 1.165) is 0 Å². The van der Waals surface area contributed by atoms with E-state index in [2.05, 4.69) is 6.58 Å². The van der Waals surface area contributed by atoms with Gasteiger partial charge in [-0.15, -0.1) is 0 Å². The number of carbonyl (C=O) groups is 2. The normalized spacial score (nSPS) is 39.8. The lowest BCUT2D eigenvalue weighted by atomic mass is 10.0. The fourth-order valence-corrected chi connectivity index (χ4v) is 2.38. The second-order valence-electron chi connectivity index (χ2n) is 5.60. The minimum Gasteiger partial charge on any atom is -0.459 e. The van der Waals surface area contributed by atoms with Crippen LogP contribution in [0.1, 0.15) is 13.8 Å². The lowest BCUT2D eigenvalue weighted by Gasteiger charge is -2.50. The molecule has 1 saturated heterocycles. The molecule has 0 unspecified atom stereocenters. The van der Waals surface area contributed by atoms with E-state index in [0.29, 0.717) is 5.57 Å². The second-order valence-corrected chi connectivity index (χ2v) is 5.60. The van der Waals surface area contributed by atoms with E-state index in [1.54, 1.807) is 19.9 Å². The molecule has 134 valence electrons. The number of carbonyl (C=O) groups excluding carboxylic acids is 2. The lowest BCUT2D eigenvalue weighted by Crippen LogP contribution is -2.68. The van der Waals surface area contributed by atoms with Crippen LogP contribution in [0, 0.1) is 0 Å². The molecular weight excluding hydrogens is 320 g/mol. The van der Waals surface area contributed by atoms with E-state index in [1.165, 1.54) is 20.3 Å². The first-order valence-corrected chi connectivity index (χ1v) is 7.41. The van der Waals surface area contributed by atoms with Crippen molar-refractivity contribution < 1.29 is 38.0 Å². The predicted octanol–water partition coefficient (Wildman–Crippen LogP) is 0.708. The number of esters is 2. The monoisotopic (exact) mass is 342 g/mol. The molecule has 0 aromatic heterocycles. The van der Waals surface area contributed by atoms with Crippen molar-refractivity contribution in [1.29, 1.82) is 0 Å². The maximum atomic E-state index is 12.4. The van der Waals surface area contributed by atoms with Crippen LogP contribution in [0.5, 0.6) is 0 Å². The number of hydrogen-bond donors (Lipinski definition) is 0. The van der Waals surface area contributed by atoms with Crippen molar-refractivity contribution in [3.63, 3.8) is 0 Å². The number of methoxy groups -OCH3 is 2. The molecule has 0 radical (unpaired) electrons. The van der Waals surface area contributed by atoms with Gasteiger partial charge >= 0.3 is 11.9 Å². The van der Waals surface area contributed by atoms with Gasteiger partial charge in [-0.25, -0.2) is 9.59 Å². The van der Waals surface area contributed by atoms with Gasteiger partial charge in [0.2, 0.25) is 11.6 Å². The third-order valence-corrected chi connectivity index (χ3v) is 4.26. The zero-order valence-electron chi connectivity index (χ0n) is 14.2. The third kappa shape index (κ3) is 3.23. The maximum absolute atomic E-state index is 12.4. The first kappa shape index (κ1) is 18.6. The zero-order chi connectivity index (χ0) is 18.0. The van der Waals surface area contributed by atoms with Crippen molar-refractivity contribution in [2.45, 2.75) is 37.6 Å². The largest absolute Gasteiger partial charge is 0.459 e. The van der Waals surface area contributed by atoms with Crippen molar-refractivity contribution in [3.05, 3.63) is 24.3 Å². The molecule has 1 fully saturated rings. The number of cyclic esters (lactones) is 2. The molecular formula is C16H22O8. The summed E-state index contributed by atoms with van der Waals surface area (Å²) < 4.78 is 32.4.